The summed E-state index contributed by atoms with van der Waals surface area (Å²) in [4.78, 5) is 14.9. The van der Waals surface area contributed by atoms with E-state index in [0.717, 1.165) is 50.5 Å². The molecule has 48 heavy (non-hydrogen) atoms. The van der Waals surface area contributed by atoms with E-state index in [4.69, 9.17) is 4.74 Å². The van der Waals surface area contributed by atoms with Crippen LogP contribution in [0, 0.1) is 0 Å². The van der Waals surface area contributed by atoms with Crippen LogP contribution >= 0.6 is 0 Å². The Kier molecular flexibility index (Phi) is 7.73. The summed E-state index contributed by atoms with van der Waals surface area (Å²) in [6, 6.07) is 62.2. The Balaban J connectivity index is 1.11. The van der Waals surface area contributed by atoms with E-state index in [0.29, 0.717) is 5.56 Å². The zero-order valence-corrected chi connectivity index (χ0v) is 26.2. The van der Waals surface area contributed by atoms with Gasteiger partial charge in [-0.1, -0.05) is 109 Å². The first kappa shape index (κ1) is 29.0. The van der Waals surface area contributed by atoms with Crippen LogP contribution in [-0.4, -0.2) is 10.5 Å². The molecule has 0 bridgehead atoms. The second-order valence-electron chi connectivity index (χ2n) is 11.7. The van der Waals surface area contributed by atoms with Crippen LogP contribution < -0.4 is 4.90 Å². The van der Waals surface area contributed by atoms with Crippen molar-refractivity contribution in [3.05, 3.63) is 193 Å². The number of rotatable bonds is 8. The highest BCUT2D eigenvalue weighted by atomic mass is 16.5. The van der Waals surface area contributed by atoms with E-state index in [1.54, 1.807) is 0 Å². The van der Waals surface area contributed by atoms with Crippen molar-refractivity contribution in [2.24, 2.45) is 0 Å². The topological polar surface area (TPSA) is 34.5 Å². The van der Waals surface area contributed by atoms with E-state index < -0.39 is 0 Å². The van der Waals surface area contributed by atoms with E-state index in [-0.39, 0.29) is 12.6 Å². The van der Waals surface area contributed by atoms with Crippen LogP contribution in [0.15, 0.2) is 182 Å². The van der Waals surface area contributed by atoms with Crippen molar-refractivity contribution in [3.63, 3.8) is 0 Å². The summed E-state index contributed by atoms with van der Waals surface area (Å²) in [7, 11) is 0. The molecule has 0 atom stereocenters. The fourth-order valence-corrected chi connectivity index (χ4v) is 6.39. The van der Waals surface area contributed by atoms with Gasteiger partial charge in [0.2, 0.25) is 0 Å². The highest BCUT2D eigenvalue weighted by molar-refractivity contribution is 6.10. The predicted molar refractivity (Wildman–Crippen MR) is 196 cm³/mol. The number of anilines is 3. The molecule has 0 radical (unpaired) electrons. The second-order valence-corrected chi connectivity index (χ2v) is 11.7. The fraction of sp³-hybridized carbons (Fsp3) is 0.0227. The molecule has 230 valence electrons. The zero-order valence-electron chi connectivity index (χ0n) is 26.2. The number of esters is 1. The maximum Gasteiger partial charge on any atom is 0.338 e. The first-order valence-corrected chi connectivity index (χ1v) is 16.1. The lowest BCUT2D eigenvalue weighted by molar-refractivity contribution is 0.0472. The maximum absolute atomic E-state index is 12.6. The van der Waals surface area contributed by atoms with Crippen molar-refractivity contribution in [1.82, 2.24) is 4.57 Å². The van der Waals surface area contributed by atoms with Gasteiger partial charge in [-0.3, -0.25) is 0 Å². The van der Waals surface area contributed by atoms with Gasteiger partial charge < -0.3 is 14.2 Å². The van der Waals surface area contributed by atoms with Crippen molar-refractivity contribution < 1.29 is 9.53 Å². The van der Waals surface area contributed by atoms with Gasteiger partial charge >= 0.3 is 5.97 Å². The number of hydrogen-bond donors (Lipinski definition) is 0. The molecule has 1 aromatic heterocycles. The first-order valence-electron chi connectivity index (χ1n) is 16.1. The molecule has 0 aliphatic rings. The van der Waals surface area contributed by atoms with Crippen LogP contribution in [0.1, 0.15) is 15.9 Å². The smallest absolute Gasteiger partial charge is 0.338 e. The van der Waals surface area contributed by atoms with Crippen molar-refractivity contribution in [3.8, 4) is 16.8 Å². The first-order chi connectivity index (χ1) is 23.7. The molecule has 7 aromatic carbocycles. The Morgan fingerprint density at radius 2 is 1.04 bits per heavy atom. The predicted octanol–water partition coefficient (Wildman–Crippen LogP) is 11.3. The molecule has 0 N–H and O–H groups in total. The highest BCUT2D eigenvalue weighted by Gasteiger charge is 2.17. The molecule has 1 heterocycles. The average molecular weight is 621 g/mol. The molecular formula is C44H32N2O2. The van der Waals surface area contributed by atoms with Gasteiger partial charge in [-0.25, -0.2) is 4.79 Å². The van der Waals surface area contributed by atoms with Gasteiger partial charge in [0.25, 0.3) is 0 Å². The lowest BCUT2D eigenvalue weighted by Crippen LogP contribution is -2.09. The molecule has 8 aromatic rings. The van der Waals surface area contributed by atoms with Crippen molar-refractivity contribution in [1.29, 1.82) is 0 Å². The van der Waals surface area contributed by atoms with Gasteiger partial charge in [0.1, 0.15) is 6.61 Å². The van der Waals surface area contributed by atoms with Gasteiger partial charge in [-0.2, -0.15) is 0 Å². The normalized spacial score (nSPS) is 11.1. The molecule has 0 amide bonds. The number of hydrogen-bond acceptors (Lipinski definition) is 3. The molecule has 0 spiro atoms. The summed E-state index contributed by atoms with van der Waals surface area (Å²) in [6.45, 7) is 0.255. The zero-order chi connectivity index (χ0) is 32.3. The highest BCUT2D eigenvalue weighted by Crippen LogP contribution is 2.39. The molecule has 4 nitrogen and oxygen atoms in total. The number of aromatic nitrogens is 1. The second kappa shape index (κ2) is 12.8. The van der Waals surface area contributed by atoms with E-state index in [2.05, 4.69) is 125 Å². The number of para-hydroxylation sites is 3. The van der Waals surface area contributed by atoms with E-state index in [1.165, 1.54) is 10.8 Å². The largest absolute Gasteiger partial charge is 0.457 e. The van der Waals surface area contributed by atoms with Gasteiger partial charge in [-0.15, -0.1) is 0 Å². The third-order valence-corrected chi connectivity index (χ3v) is 8.74. The maximum atomic E-state index is 12.6. The van der Waals surface area contributed by atoms with Gasteiger partial charge in [0.15, 0.2) is 0 Å². The number of carbonyl (C=O) groups excluding carboxylic acids is 1. The Bertz CT molecular complexity index is 2290. The van der Waals surface area contributed by atoms with Crippen LogP contribution in [0.3, 0.4) is 0 Å². The van der Waals surface area contributed by atoms with Gasteiger partial charge in [0.05, 0.1) is 16.6 Å². The number of nitrogens with zero attached hydrogens (tertiary/aromatic N) is 2. The molecule has 0 saturated carbocycles. The Labute approximate surface area is 279 Å². The standard InChI is InChI=1S/C44H32N2O2/c47-44(48-31-32-12-4-1-5-13-32)35-22-20-33(21-23-35)34-24-26-38(27-25-34)46-42-19-11-10-18-40(42)41-30-39(28-29-43(41)46)45(36-14-6-2-7-15-36)37-16-8-3-9-17-37/h1-30H,31H2. The van der Waals surface area contributed by atoms with Crippen molar-refractivity contribution >= 4 is 44.8 Å². The van der Waals surface area contributed by atoms with Crippen LogP contribution in [0.25, 0.3) is 38.6 Å². The molecule has 0 aliphatic carbocycles. The van der Waals surface area contributed by atoms with Crippen LogP contribution in [0.2, 0.25) is 0 Å². The minimum Gasteiger partial charge on any atom is -0.457 e. The number of ether oxygens (including phenoxy) is 1. The minimum atomic E-state index is -0.328. The molecule has 4 heteroatoms. The molecule has 0 saturated heterocycles. The quantitative estimate of drug-likeness (QED) is 0.159. The molecule has 0 unspecified atom stereocenters. The Hall–Kier alpha value is -6.39. The summed E-state index contributed by atoms with van der Waals surface area (Å²) < 4.78 is 7.84. The minimum absolute atomic E-state index is 0.255. The van der Waals surface area contributed by atoms with Gasteiger partial charge in [-0.05, 0) is 89.5 Å². The summed E-state index contributed by atoms with van der Waals surface area (Å²) in [5.74, 6) is -0.328. The van der Waals surface area contributed by atoms with Crippen LogP contribution in [-0.2, 0) is 11.3 Å². The summed E-state index contributed by atoms with van der Waals surface area (Å²) in [5.41, 5.74) is 10.3. The third kappa shape index (κ3) is 5.61. The average Bonchev–Trinajstić information content (AvgIpc) is 3.49. The molecular weight excluding hydrogens is 588 g/mol. The lowest BCUT2D eigenvalue weighted by Gasteiger charge is -2.25. The lowest BCUT2D eigenvalue weighted by atomic mass is 10.0. The molecule has 8 rings (SSSR count). The number of fused-ring (bicyclic) bond motifs is 3. The van der Waals surface area contributed by atoms with E-state index in [1.807, 2.05) is 66.7 Å². The van der Waals surface area contributed by atoms with Crippen molar-refractivity contribution in [2.45, 2.75) is 6.61 Å². The fourth-order valence-electron chi connectivity index (χ4n) is 6.39. The number of benzene rings is 7. The van der Waals surface area contributed by atoms with Crippen molar-refractivity contribution in [2.75, 3.05) is 4.90 Å². The van der Waals surface area contributed by atoms with Crippen LogP contribution in [0.5, 0.6) is 0 Å². The number of carbonyl (C=O) groups is 1. The molecule has 0 aliphatic heterocycles. The molecule has 0 fully saturated rings. The van der Waals surface area contributed by atoms with Gasteiger partial charge in [0, 0.05) is 33.5 Å². The van der Waals surface area contributed by atoms with E-state index >= 15 is 0 Å². The Morgan fingerprint density at radius 3 is 1.69 bits per heavy atom. The third-order valence-electron chi connectivity index (χ3n) is 8.74. The Morgan fingerprint density at radius 1 is 0.500 bits per heavy atom. The summed E-state index contributed by atoms with van der Waals surface area (Å²) in [5, 5.41) is 2.40. The summed E-state index contributed by atoms with van der Waals surface area (Å²) >= 11 is 0. The SMILES string of the molecule is O=C(OCc1ccccc1)c1ccc(-c2ccc(-n3c4ccccc4c4cc(N(c5ccccc5)c5ccccc5)ccc43)cc2)cc1. The monoisotopic (exact) mass is 620 g/mol. The van der Waals surface area contributed by atoms with E-state index in [9.17, 15) is 4.79 Å². The van der Waals surface area contributed by atoms with Crippen LogP contribution in [0.4, 0.5) is 17.1 Å². The summed E-state index contributed by atoms with van der Waals surface area (Å²) in [6.07, 6.45) is 0.